The van der Waals surface area contributed by atoms with Gasteiger partial charge in [-0.2, -0.15) is 0 Å². The Bertz CT molecular complexity index is 132. The molecule has 0 amide bonds. The van der Waals surface area contributed by atoms with Crippen LogP contribution in [0.4, 0.5) is 0 Å². The van der Waals surface area contributed by atoms with Crippen molar-refractivity contribution in [2.45, 2.75) is 12.8 Å². The van der Waals surface area contributed by atoms with Gasteiger partial charge < -0.3 is 0 Å². The first-order valence-corrected chi connectivity index (χ1v) is 3.79. The molecule has 2 rings (SSSR count). The fraction of sp³-hybridized carbons (Fsp3) is 1.00. The largest absolute Gasteiger partial charge is 0.316 e. The maximum atomic E-state index is 5.52. The van der Waals surface area contributed by atoms with Crippen LogP contribution < -0.4 is 0 Å². The average Bonchev–Trinajstić information content (AvgIpc) is 2.20. The second-order valence-electron chi connectivity index (χ2n) is 3.44. The van der Waals surface area contributed by atoms with Crippen LogP contribution in [0.15, 0.2) is 0 Å². The van der Waals surface area contributed by atoms with Gasteiger partial charge in [0.05, 0.1) is 7.05 Å². The van der Waals surface area contributed by atoms with Crippen molar-refractivity contribution in [3.8, 4) is 0 Å². The highest BCUT2D eigenvalue weighted by atomic mass is 16.7. The summed E-state index contributed by atoms with van der Waals surface area (Å²) in [6, 6.07) is 0. The van der Waals surface area contributed by atoms with E-state index in [1.807, 2.05) is 6.92 Å². The van der Waals surface area contributed by atoms with Crippen LogP contribution in [0.5, 0.6) is 0 Å². The lowest BCUT2D eigenvalue weighted by Crippen LogP contribution is -2.52. The van der Waals surface area contributed by atoms with Crippen LogP contribution in [0.1, 0.15) is 6.92 Å². The number of rotatable bonds is 0. The molecule has 0 N–H and O–H groups in total. The highest BCUT2D eigenvalue weighted by Crippen LogP contribution is 2.35. The lowest BCUT2D eigenvalue weighted by atomic mass is 10.4. The summed E-state index contributed by atoms with van der Waals surface area (Å²) in [5, 5.41) is 0. The fourth-order valence-electron chi connectivity index (χ4n) is 1.74. The van der Waals surface area contributed by atoms with Crippen LogP contribution in [-0.2, 0) is 9.47 Å². The van der Waals surface area contributed by atoms with Crippen LogP contribution >= 0.6 is 0 Å². The predicted molar refractivity (Wildman–Crippen MR) is 36.2 cm³/mol. The number of ether oxygens (including phenoxy) is 2. The zero-order valence-corrected chi connectivity index (χ0v) is 6.59. The van der Waals surface area contributed by atoms with Crippen molar-refractivity contribution in [1.82, 2.24) is 0 Å². The van der Waals surface area contributed by atoms with Gasteiger partial charge >= 0.3 is 5.91 Å². The quantitative estimate of drug-likeness (QED) is 0.451. The normalized spacial score (nSPS) is 53.4. The van der Waals surface area contributed by atoms with E-state index in [-0.39, 0.29) is 5.91 Å². The topological polar surface area (TPSA) is 18.5 Å². The summed E-state index contributed by atoms with van der Waals surface area (Å²) in [4.78, 5) is 0. The lowest BCUT2D eigenvalue weighted by Gasteiger charge is -2.32. The molecular weight excluding hydrogens is 130 g/mol. The molecule has 10 heavy (non-hydrogen) atoms. The molecule has 2 saturated heterocycles. The molecule has 58 valence electrons. The minimum absolute atomic E-state index is 0.319. The van der Waals surface area contributed by atoms with Crippen molar-refractivity contribution in [1.29, 1.82) is 0 Å². The first-order valence-electron chi connectivity index (χ1n) is 3.79. The maximum absolute atomic E-state index is 5.52. The summed E-state index contributed by atoms with van der Waals surface area (Å²) in [6.07, 6.45) is 0. The monoisotopic (exact) mass is 144 g/mol. The third-order valence-corrected chi connectivity index (χ3v) is 2.89. The van der Waals surface area contributed by atoms with Gasteiger partial charge in [-0.05, 0) is 0 Å². The summed E-state index contributed by atoms with van der Waals surface area (Å²) >= 11 is 0. The van der Waals surface area contributed by atoms with E-state index in [2.05, 4.69) is 7.05 Å². The molecule has 0 saturated carbocycles. The van der Waals surface area contributed by atoms with Gasteiger partial charge in [-0.1, -0.05) is 0 Å². The first kappa shape index (κ1) is 6.58. The molecule has 2 aliphatic heterocycles. The number of hydrogen-bond acceptors (Lipinski definition) is 2. The minimum atomic E-state index is -0.319. The van der Waals surface area contributed by atoms with Gasteiger partial charge in [0, 0.05) is 6.92 Å². The van der Waals surface area contributed by atoms with Crippen LogP contribution in [0.3, 0.4) is 0 Å². The van der Waals surface area contributed by atoms with Gasteiger partial charge in [-0.3, -0.25) is 14.0 Å². The molecule has 0 aromatic carbocycles. The third kappa shape index (κ3) is 0.603. The van der Waals surface area contributed by atoms with E-state index in [9.17, 15) is 0 Å². The van der Waals surface area contributed by atoms with Crippen molar-refractivity contribution >= 4 is 0 Å². The standard InChI is InChI=1S/C7H14NO2/c1-7-8(2,3-5-9-7)4-6-10-7/h3-6H2,1-2H3/q+1. The summed E-state index contributed by atoms with van der Waals surface area (Å²) < 4.78 is 12.0. The van der Waals surface area contributed by atoms with Gasteiger partial charge in [0.2, 0.25) is 0 Å². The van der Waals surface area contributed by atoms with E-state index in [4.69, 9.17) is 9.47 Å². The predicted octanol–water partition coefficient (Wildman–Crippen LogP) is 0.167. The van der Waals surface area contributed by atoms with Crippen molar-refractivity contribution in [3.05, 3.63) is 0 Å². The minimum Gasteiger partial charge on any atom is -0.297 e. The molecule has 0 aromatic heterocycles. The highest BCUT2D eigenvalue weighted by Gasteiger charge is 2.55. The molecule has 0 spiro atoms. The number of quaternary nitrogens is 1. The molecule has 0 aliphatic carbocycles. The summed E-state index contributed by atoms with van der Waals surface area (Å²) in [5.41, 5.74) is 0. The number of fused-ring (bicyclic) bond motifs is 1. The SMILES string of the molecule is CC12OCC[N+]1(C)CCO2. The van der Waals surface area contributed by atoms with Crippen LogP contribution in [0.25, 0.3) is 0 Å². The van der Waals surface area contributed by atoms with Crippen molar-refractivity contribution in [2.75, 3.05) is 33.4 Å². The highest BCUT2D eigenvalue weighted by molar-refractivity contribution is 4.64. The van der Waals surface area contributed by atoms with Crippen molar-refractivity contribution in [2.24, 2.45) is 0 Å². The van der Waals surface area contributed by atoms with E-state index >= 15 is 0 Å². The second kappa shape index (κ2) is 1.72. The molecule has 0 bridgehead atoms. The molecule has 0 unspecified atom stereocenters. The zero-order chi connectivity index (χ0) is 7.24. The smallest absolute Gasteiger partial charge is 0.297 e. The van der Waals surface area contributed by atoms with Crippen LogP contribution in [-0.4, -0.2) is 43.7 Å². The molecule has 0 aromatic rings. The third-order valence-electron chi connectivity index (χ3n) is 2.89. The number of hydrogen-bond donors (Lipinski definition) is 0. The van der Waals surface area contributed by atoms with Gasteiger partial charge in [-0.25, -0.2) is 0 Å². The molecule has 2 fully saturated rings. The van der Waals surface area contributed by atoms with Crippen LogP contribution in [0, 0.1) is 0 Å². The number of nitrogens with zero attached hydrogens (tertiary/aromatic N) is 1. The Hall–Kier alpha value is -0.120. The van der Waals surface area contributed by atoms with Gasteiger partial charge in [0.1, 0.15) is 26.3 Å². The number of likely N-dealkylation sites (N-methyl/N-ethyl adjacent to an activating group) is 1. The molecule has 0 atom stereocenters. The van der Waals surface area contributed by atoms with Gasteiger partial charge in [0.25, 0.3) is 0 Å². The Morgan fingerprint density at radius 3 is 2.10 bits per heavy atom. The van der Waals surface area contributed by atoms with E-state index in [1.54, 1.807) is 0 Å². The molecule has 3 nitrogen and oxygen atoms in total. The van der Waals surface area contributed by atoms with Crippen molar-refractivity contribution in [3.63, 3.8) is 0 Å². The Labute approximate surface area is 61.1 Å². The van der Waals surface area contributed by atoms with Gasteiger partial charge in [-0.15, -0.1) is 0 Å². The summed E-state index contributed by atoms with van der Waals surface area (Å²) in [5.74, 6) is -0.319. The molecule has 2 heterocycles. The Morgan fingerprint density at radius 1 is 1.20 bits per heavy atom. The Balaban J connectivity index is 2.30. The molecular formula is C7H14NO2+. The maximum Gasteiger partial charge on any atom is 0.316 e. The average molecular weight is 144 g/mol. The molecule has 0 radical (unpaired) electrons. The summed E-state index contributed by atoms with van der Waals surface area (Å²) in [6.45, 7) is 5.90. The fourth-order valence-corrected chi connectivity index (χ4v) is 1.74. The zero-order valence-electron chi connectivity index (χ0n) is 6.59. The summed E-state index contributed by atoms with van der Waals surface area (Å²) in [7, 11) is 2.19. The Kier molecular flexibility index (Phi) is 1.14. The first-order chi connectivity index (χ1) is 4.66. The van der Waals surface area contributed by atoms with E-state index < -0.39 is 0 Å². The second-order valence-corrected chi connectivity index (χ2v) is 3.44. The van der Waals surface area contributed by atoms with Gasteiger partial charge in [0.15, 0.2) is 0 Å². The van der Waals surface area contributed by atoms with E-state index in [0.29, 0.717) is 0 Å². The van der Waals surface area contributed by atoms with E-state index in [0.717, 1.165) is 30.8 Å². The van der Waals surface area contributed by atoms with E-state index in [1.165, 1.54) is 0 Å². The molecule has 3 heteroatoms. The molecule has 2 aliphatic rings. The van der Waals surface area contributed by atoms with Crippen molar-refractivity contribution < 1.29 is 14.0 Å². The Morgan fingerprint density at radius 2 is 1.70 bits per heavy atom. The van der Waals surface area contributed by atoms with Crippen LogP contribution in [0.2, 0.25) is 0 Å². The lowest BCUT2D eigenvalue weighted by molar-refractivity contribution is -0.961.